The molecule has 0 unspecified atom stereocenters. The van der Waals surface area contributed by atoms with Crippen molar-refractivity contribution in [2.45, 2.75) is 102 Å². The van der Waals surface area contributed by atoms with Crippen molar-refractivity contribution in [3.63, 3.8) is 0 Å². The molecule has 7 heteroatoms. The van der Waals surface area contributed by atoms with Crippen LogP contribution >= 0.6 is 0 Å². The molecule has 4 aliphatic carbocycles. The highest BCUT2D eigenvalue weighted by atomic mass is 16.6. The molecule has 2 bridgehead atoms. The first-order valence-corrected chi connectivity index (χ1v) is 10.9. The number of hydrogen-bond acceptors (Lipinski definition) is 7. The fraction of sp³-hybridized carbons (Fsp3) is 0.955. The highest BCUT2D eigenvalue weighted by Crippen LogP contribution is 2.73. The lowest BCUT2D eigenvalue weighted by Gasteiger charge is -2.51. The summed E-state index contributed by atoms with van der Waals surface area (Å²) in [5, 5.41) is 46.6. The lowest BCUT2D eigenvalue weighted by molar-refractivity contribution is -0.230. The quantitative estimate of drug-likeness (QED) is 0.372. The standard InChI is InChI=1S/C22H34O7/c1-10(23)28-13-8-21-9-19(4,25)11(16(21)24)6-7-12(21)20(5,26)15-14-17(29-14)18(2,3)22(13,15)27/h11-17,24-27H,6-9H2,1-5H3/t11-,12+,13+,14+,15+,16-,17+,19-,20-,21+,22-/m1/s1. The number of carbonyl (C=O) groups is 1. The van der Waals surface area contributed by atoms with Gasteiger partial charge >= 0.3 is 5.97 Å². The second-order valence-electron chi connectivity index (χ2n) is 11.5. The van der Waals surface area contributed by atoms with Gasteiger partial charge in [0.25, 0.3) is 0 Å². The minimum atomic E-state index is -1.49. The summed E-state index contributed by atoms with van der Waals surface area (Å²) in [5.74, 6) is -1.78. The third kappa shape index (κ3) is 2.14. The minimum absolute atomic E-state index is 0.205. The van der Waals surface area contributed by atoms with Crippen molar-refractivity contribution in [3.05, 3.63) is 0 Å². The van der Waals surface area contributed by atoms with Gasteiger partial charge in [0, 0.05) is 29.6 Å². The van der Waals surface area contributed by atoms with E-state index >= 15 is 0 Å². The van der Waals surface area contributed by atoms with Crippen LogP contribution in [-0.2, 0) is 14.3 Å². The summed E-state index contributed by atoms with van der Waals surface area (Å²) >= 11 is 0. The normalized spacial score (nSPS) is 61.9. The van der Waals surface area contributed by atoms with E-state index < -0.39 is 51.7 Å². The number of aliphatic hydroxyl groups excluding tert-OH is 1. The van der Waals surface area contributed by atoms with Crippen molar-refractivity contribution in [1.82, 2.24) is 0 Å². The zero-order valence-electron chi connectivity index (χ0n) is 17.9. The molecule has 7 nitrogen and oxygen atoms in total. The van der Waals surface area contributed by atoms with E-state index in [0.29, 0.717) is 19.3 Å². The zero-order valence-corrected chi connectivity index (χ0v) is 17.9. The molecular formula is C22H34O7. The van der Waals surface area contributed by atoms with Crippen LogP contribution in [0.15, 0.2) is 0 Å². The van der Waals surface area contributed by atoms with Crippen LogP contribution in [0.2, 0.25) is 0 Å². The van der Waals surface area contributed by atoms with Crippen molar-refractivity contribution >= 4 is 5.97 Å². The number of fused-ring (bicyclic) bond motifs is 4. The molecule has 5 fully saturated rings. The molecule has 1 spiro atoms. The number of esters is 1. The summed E-state index contributed by atoms with van der Waals surface area (Å²) in [6.45, 7) is 8.62. The second kappa shape index (κ2) is 5.36. The van der Waals surface area contributed by atoms with Crippen molar-refractivity contribution in [3.8, 4) is 0 Å². The average Bonchev–Trinajstić information content (AvgIpc) is 3.29. The maximum absolute atomic E-state index is 12.2. The van der Waals surface area contributed by atoms with Crippen LogP contribution in [0.25, 0.3) is 0 Å². The summed E-state index contributed by atoms with van der Waals surface area (Å²) in [5.41, 5.74) is -5.48. The maximum atomic E-state index is 12.2. The third-order valence-electron chi connectivity index (χ3n) is 9.69. The van der Waals surface area contributed by atoms with Crippen LogP contribution in [0.4, 0.5) is 0 Å². The van der Waals surface area contributed by atoms with E-state index in [1.54, 1.807) is 13.8 Å². The summed E-state index contributed by atoms with van der Waals surface area (Å²) in [6.07, 6.45) is -0.461. The van der Waals surface area contributed by atoms with Crippen LogP contribution in [0, 0.1) is 28.6 Å². The molecule has 5 aliphatic rings. The molecule has 0 aromatic rings. The number of hydrogen-bond donors (Lipinski definition) is 4. The molecule has 0 radical (unpaired) electrons. The Bertz CT molecular complexity index is 760. The lowest BCUT2D eigenvalue weighted by atomic mass is 9.57. The van der Waals surface area contributed by atoms with Gasteiger partial charge in [0.2, 0.25) is 0 Å². The fourth-order valence-corrected chi connectivity index (χ4v) is 8.56. The van der Waals surface area contributed by atoms with Gasteiger partial charge in [-0.3, -0.25) is 4.79 Å². The molecule has 4 N–H and O–H groups in total. The average molecular weight is 411 g/mol. The van der Waals surface area contributed by atoms with Gasteiger partial charge < -0.3 is 29.9 Å². The SMILES string of the molecule is CC(=O)O[C@H]1C[C@]23C[C@@](C)(O)[C@H](CC[C@H]2[C@@](C)(O)[C@@H]2[C@@H]4O[C@@H]4C(C)(C)[C@@]12O)[C@H]3O. The first-order valence-electron chi connectivity index (χ1n) is 10.9. The first kappa shape index (κ1) is 20.2. The van der Waals surface area contributed by atoms with Gasteiger partial charge in [-0.2, -0.15) is 0 Å². The summed E-state index contributed by atoms with van der Waals surface area (Å²) in [7, 11) is 0. The summed E-state index contributed by atoms with van der Waals surface area (Å²) < 4.78 is 11.6. The molecule has 0 aromatic carbocycles. The molecule has 0 amide bonds. The van der Waals surface area contributed by atoms with Gasteiger partial charge in [-0.1, -0.05) is 13.8 Å². The minimum Gasteiger partial charge on any atom is -0.459 e. The molecule has 0 aromatic heterocycles. The molecular weight excluding hydrogens is 376 g/mol. The molecule has 11 atom stereocenters. The second-order valence-corrected chi connectivity index (χ2v) is 11.5. The monoisotopic (exact) mass is 410 g/mol. The van der Waals surface area contributed by atoms with Crippen molar-refractivity contribution in [2.24, 2.45) is 28.6 Å². The largest absolute Gasteiger partial charge is 0.459 e. The maximum Gasteiger partial charge on any atom is 0.303 e. The van der Waals surface area contributed by atoms with E-state index in [1.165, 1.54) is 6.92 Å². The Morgan fingerprint density at radius 2 is 1.76 bits per heavy atom. The van der Waals surface area contributed by atoms with Gasteiger partial charge in [-0.05, 0) is 45.4 Å². The highest BCUT2D eigenvalue weighted by Gasteiger charge is 2.83. The van der Waals surface area contributed by atoms with E-state index in [2.05, 4.69) is 0 Å². The highest BCUT2D eigenvalue weighted by molar-refractivity contribution is 5.66. The summed E-state index contributed by atoms with van der Waals surface area (Å²) in [4.78, 5) is 12.1. The zero-order chi connectivity index (χ0) is 21.4. The Balaban J connectivity index is 1.71. The van der Waals surface area contributed by atoms with Crippen molar-refractivity contribution in [1.29, 1.82) is 0 Å². The predicted octanol–water partition coefficient (Wildman–Crippen LogP) is 0.755. The van der Waals surface area contributed by atoms with Gasteiger partial charge in [0.1, 0.15) is 11.7 Å². The smallest absolute Gasteiger partial charge is 0.303 e. The van der Waals surface area contributed by atoms with Crippen molar-refractivity contribution in [2.75, 3.05) is 0 Å². The van der Waals surface area contributed by atoms with Crippen LogP contribution in [0.3, 0.4) is 0 Å². The molecule has 1 heterocycles. The molecule has 5 rings (SSSR count). The topological polar surface area (TPSA) is 120 Å². The third-order valence-corrected chi connectivity index (χ3v) is 9.69. The predicted molar refractivity (Wildman–Crippen MR) is 102 cm³/mol. The van der Waals surface area contributed by atoms with E-state index in [0.717, 1.165) is 0 Å². The van der Waals surface area contributed by atoms with E-state index in [9.17, 15) is 25.2 Å². The van der Waals surface area contributed by atoms with Crippen LogP contribution in [0.1, 0.15) is 60.3 Å². The Labute approximate surface area is 171 Å². The van der Waals surface area contributed by atoms with Gasteiger partial charge in [0.05, 0.1) is 29.5 Å². The summed E-state index contributed by atoms with van der Waals surface area (Å²) in [6, 6.07) is 0. The first-order chi connectivity index (χ1) is 13.2. The Kier molecular flexibility index (Phi) is 3.73. The van der Waals surface area contributed by atoms with Crippen LogP contribution < -0.4 is 0 Å². The Hall–Kier alpha value is -0.730. The van der Waals surface area contributed by atoms with Gasteiger partial charge in [-0.15, -0.1) is 0 Å². The number of ether oxygens (including phenoxy) is 2. The number of rotatable bonds is 1. The van der Waals surface area contributed by atoms with Crippen LogP contribution in [-0.4, -0.2) is 67.6 Å². The Morgan fingerprint density at radius 1 is 1.10 bits per heavy atom. The number of epoxide rings is 1. The number of carbonyl (C=O) groups excluding carboxylic acids is 1. The lowest BCUT2D eigenvalue weighted by Crippen LogP contribution is -2.63. The fourth-order valence-electron chi connectivity index (χ4n) is 8.56. The van der Waals surface area contributed by atoms with Crippen LogP contribution in [0.5, 0.6) is 0 Å². The molecule has 4 saturated carbocycles. The number of aliphatic hydroxyl groups is 4. The Morgan fingerprint density at radius 3 is 2.38 bits per heavy atom. The molecule has 1 aliphatic heterocycles. The molecule has 164 valence electrons. The molecule has 29 heavy (non-hydrogen) atoms. The van der Waals surface area contributed by atoms with Gasteiger partial charge in [-0.25, -0.2) is 0 Å². The van der Waals surface area contributed by atoms with E-state index in [-0.39, 0.29) is 30.5 Å². The van der Waals surface area contributed by atoms with Crippen molar-refractivity contribution < 1.29 is 34.7 Å². The van der Waals surface area contributed by atoms with E-state index in [4.69, 9.17) is 9.47 Å². The molecule has 1 saturated heterocycles. The van der Waals surface area contributed by atoms with Gasteiger partial charge in [0.15, 0.2) is 0 Å². The van der Waals surface area contributed by atoms with E-state index in [1.807, 2.05) is 13.8 Å².